The summed E-state index contributed by atoms with van der Waals surface area (Å²) in [6.45, 7) is 40.4. The van der Waals surface area contributed by atoms with Crippen molar-refractivity contribution in [2.24, 2.45) is 0 Å². The number of amides is 8. The van der Waals surface area contributed by atoms with Crippen LogP contribution in [0, 0.1) is 12.7 Å². The molecule has 0 unspecified atom stereocenters. The molecule has 16 N–H and O–H groups in total. The third-order valence-corrected chi connectivity index (χ3v) is 19.9. The molecule has 4 fully saturated rings. The van der Waals surface area contributed by atoms with Crippen molar-refractivity contribution in [1.82, 2.24) is 102 Å². The van der Waals surface area contributed by atoms with Crippen LogP contribution in [-0.4, -0.2) is 211 Å². The Balaban J connectivity index is 0.000000145. The van der Waals surface area contributed by atoms with Crippen LogP contribution in [0.1, 0.15) is 88.6 Å². The van der Waals surface area contributed by atoms with E-state index in [0.717, 1.165) is 161 Å². The molecule has 0 radical (unpaired) electrons. The van der Waals surface area contributed by atoms with Crippen LogP contribution in [0.3, 0.4) is 0 Å². The number of anilines is 16. The number of pyridine rings is 4. The third-order valence-electron chi connectivity index (χ3n) is 19.6. The lowest BCUT2D eigenvalue weighted by Gasteiger charge is -2.30. The van der Waals surface area contributed by atoms with Crippen LogP contribution in [0.5, 0.6) is 0 Å². The van der Waals surface area contributed by atoms with Crippen LogP contribution in [0.25, 0.3) is 44.1 Å². The Hall–Kier alpha value is -13.6. The van der Waals surface area contributed by atoms with Gasteiger partial charge in [-0.25, -0.2) is 63.4 Å². The standard InChI is InChI=1S/C23H30N8O.C22H27ClN8O.C22H27FN8O.C22H28N8O/c1-15-13-19(28-22(32)30-23(2,3)4)27-20-18(15)14-25-21(29-20)26-16-5-7-17(8-6-16)31-11-9-24-10-12-31;1-22(2,3)30-21(32)28-18-7-4-14-13-25-20(29-19(14)27-18)26-15-5-6-17(16(23)12-15)31-10-8-24-9-11-31;1-22(2,3)30-21(32)29-19-17(23)12-14-13-25-20(28-18(14)27-19)26-15-4-6-16(7-5-15)31-10-8-24-9-11-31;1-22(2,3)29-21(31)27-18-9-4-15-14-24-20(28-19(15)26-18)25-16-5-7-17(8-6-16)30-12-10-23-11-13-30/h5-8,13-14,24H,9-12H2,1-4H3,(H3,25,26,27,28,29,30,32);2*4-7,12-13,24H,8-11H2,1-3H3,(H3,25,26,27,28,29,30,32);4-9,14,23H,10-13H2,1-3H3,(H3,24,25,26,27,28,29,31). The number of carbonyl (C=O) groups is 4. The molecule has 0 saturated carbocycles. The van der Waals surface area contributed by atoms with Gasteiger partial charge in [0, 0.05) is 213 Å². The molecule has 36 nitrogen and oxygen atoms in total. The van der Waals surface area contributed by atoms with Crippen LogP contribution in [0.4, 0.5) is 116 Å². The van der Waals surface area contributed by atoms with Crippen molar-refractivity contribution in [3.8, 4) is 0 Å². The number of nitrogens with zero attached hydrogens (tertiary/aromatic N) is 16. The molecule has 0 atom stereocenters. The lowest BCUT2D eigenvalue weighted by molar-refractivity contribution is 0.242. The maximum Gasteiger partial charge on any atom is 0.320 e. The Labute approximate surface area is 742 Å². The first-order valence-electron chi connectivity index (χ1n) is 42.3. The predicted octanol–water partition coefficient (Wildman–Crippen LogP) is 13.5. The molecule has 4 aromatic carbocycles. The van der Waals surface area contributed by atoms with Crippen LogP contribution >= 0.6 is 11.6 Å². The Bertz CT molecular complexity index is 5810. The monoisotopic (exact) mass is 1750 g/mol. The maximum absolute atomic E-state index is 14.4. The molecular weight excluding hydrogens is 1640 g/mol. The minimum absolute atomic E-state index is 0.190. The summed E-state index contributed by atoms with van der Waals surface area (Å²) < 4.78 is 14.4. The highest BCUT2D eigenvalue weighted by molar-refractivity contribution is 6.33. The zero-order chi connectivity index (χ0) is 90.0. The zero-order valence-corrected chi connectivity index (χ0v) is 74.5. The summed E-state index contributed by atoms with van der Waals surface area (Å²) in [5.41, 5.74) is 9.23. The van der Waals surface area contributed by atoms with Crippen LogP contribution in [0.15, 0.2) is 152 Å². The molecule has 0 bridgehead atoms. The minimum atomic E-state index is -0.658. The fourth-order valence-electron chi connectivity index (χ4n) is 13.7. The second-order valence-electron chi connectivity index (χ2n) is 34.9. The molecule has 127 heavy (non-hydrogen) atoms. The molecule has 4 aliphatic heterocycles. The second-order valence-corrected chi connectivity index (χ2v) is 35.3. The van der Waals surface area contributed by atoms with Gasteiger partial charge in [0.25, 0.3) is 0 Å². The van der Waals surface area contributed by atoms with E-state index in [1.54, 1.807) is 30.7 Å². The van der Waals surface area contributed by atoms with Crippen LogP contribution in [0.2, 0.25) is 5.02 Å². The molecule has 8 amide bonds. The molecule has 0 spiro atoms. The maximum atomic E-state index is 14.4. The number of benzene rings is 4. The van der Waals surface area contributed by atoms with E-state index < -0.39 is 17.4 Å². The van der Waals surface area contributed by atoms with E-state index in [2.05, 4.69) is 201 Å². The average Bonchev–Trinajstić information content (AvgIpc) is 0.808. The van der Waals surface area contributed by atoms with E-state index in [4.69, 9.17) is 11.6 Å². The lowest BCUT2D eigenvalue weighted by atomic mass is 10.1. The van der Waals surface area contributed by atoms with Crippen molar-refractivity contribution in [2.45, 2.75) is 112 Å². The molecule has 38 heteroatoms. The quantitative estimate of drug-likeness (QED) is 0.0427. The van der Waals surface area contributed by atoms with Gasteiger partial charge in [0.2, 0.25) is 23.8 Å². The van der Waals surface area contributed by atoms with Gasteiger partial charge in [-0.05, 0) is 223 Å². The first kappa shape index (κ1) is 91.1. The summed E-state index contributed by atoms with van der Waals surface area (Å²) >= 11 is 6.54. The molecule has 4 saturated heterocycles. The second kappa shape index (κ2) is 41.0. The van der Waals surface area contributed by atoms with Gasteiger partial charge < -0.3 is 83.4 Å². The molecule has 4 aliphatic rings. The first-order chi connectivity index (χ1) is 60.6. The molecule has 8 aromatic heterocycles. The lowest BCUT2D eigenvalue weighted by Crippen LogP contribution is -2.43. The number of halogens is 2. The van der Waals surface area contributed by atoms with E-state index in [1.807, 2.05) is 163 Å². The Morgan fingerprint density at radius 2 is 0.669 bits per heavy atom. The Morgan fingerprint density at radius 1 is 0.346 bits per heavy atom. The van der Waals surface area contributed by atoms with Gasteiger partial charge in [-0.1, -0.05) is 11.6 Å². The van der Waals surface area contributed by atoms with Crippen molar-refractivity contribution in [2.75, 3.05) is 167 Å². The fraction of sp³-hybridized carbons (Fsp3) is 0.371. The van der Waals surface area contributed by atoms with E-state index in [-0.39, 0.29) is 46.2 Å². The topological polar surface area (TPSA) is 428 Å². The third kappa shape index (κ3) is 27.4. The summed E-state index contributed by atoms with van der Waals surface area (Å²) in [4.78, 5) is 111. The van der Waals surface area contributed by atoms with Gasteiger partial charge in [0.1, 0.15) is 17.5 Å². The highest BCUT2D eigenvalue weighted by Crippen LogP contribution is 2.32. The average molecular weight is 1750 g/mol. The summed E-state index contributed by atoms with van der Waals surface area (Å²) in [6, 6.07) is 39.1. The highest BCUT2D eigenvalue weighted by Gasteiger charge is 2.23. The van der Waals surface area contributed by atoms with Crippen LogP contribution in [-0.2, 0) is 0 Å². The number of fused-ring (bicyclic) bond motifs is 4. The molecule has 666 valence electrons. The van der Waals surface area contributed by atoms with Crippen molar-refractivity contribution >= 4 is 172 Å². The largest absolute Gasteiger partial charge is 0.369 e. The number of aromatic nitrogens is 12. The van der Waals surface area contributed by atoms with Gasteiger partial charge in [-0.3, -0.25) is 21.3 Å². The zero-order valence-electron chi connectivity index (χ0n) is 73.8. The molecule has 12 heterocycles. The summed E-state index contributed by atoms with van der Waals surface area (Å²) in [5, 5.41) is 51.7. The smallest absolute Gasteiger partial charge is 0.320 e. The van der Waals surface area contributed by atoms with E-state index >= 15 is 0 Å². The van der Waals surface area contributed by atoms with Crippen molar-refractivity contribution in [1.29, 1.82) is 0 Å². The summed E-state index contributed by atoms with van der Waals surface area (Å²) in [6.07, 6.45) is 6.65. The van der Waals surface area contributed by atoms with Gasteiger partial charge in [0.05, 0.1) is 10.7 Å². The highest BCUT2D eigenvalue weighted by atomic mass is 35.5. The Morgan fingerprint density at radius 3 is 1.06 bits per heavy atom. The van der Waals surface area contributed by atoms with Gasteiger partial charge >= 0.3 is 24.1 Å². The van der Waals surface area contributed by atoms with Crippen LogP contribution < -0.4 is 105 Å². The molecule has 0 aliphatic carbocycles. The van der Waals surface area contributed by atoms with Crippen molar-refractivity contribution in [3.63, 3.8) is 0 Å². The molecule has 16 rings (SSSR count). The number of hydrogen-bond donors (Lipinski definition) is 16. The van der Waals surface area contributed by atoms with E-state index in [1.165, 1.54) is 23.6 Å². The van der Waals surface area contributed by atoms with Crippen molar-refractivity contribution < 1.29 is 23.6 Å². The Kier molecular flexibility index (Phi) is 29.4. The van der Waals surface area contributed by atoms with Gasteiger partial charge in [-0.15, -0.1) is 0 Å². The minimum Gasteiger partial charge on any atom is -0.369 e. The van der Waals surface area contributed by atoms with E-state index in [9.17, 15) is 23.6 Å². The number of nitrogens with one attached hydrogen (secondary N) is 16. The number of hydrogen-bond acceptors (Lipinski definition) is 28. The SMILES string of the molecule is CC(C)(C)NC(=O)Nc1ccc2cnc(Nc3ccc(N4CCNCC4)c(Cl)c3)nc2n1.CC(C)(C)NC(=O)Nc1ccc2cnc(Nc3ccc(N4CCNCC4)cc3)nc2n1.CC(C)(C)NC(=O)Nc1nc2nc(Nc3ccc(N4CCNCC4)cc3)ncc2cc1F.Cc1cc(NC(=O)NC(C)(C)C)nc2nc(Nc3ccc(N4CCNCC4)cc3)ncc12. The molecule has 12 aromatic rings. The number of rotatable bonds is 16. The fourth-order valence-corrected chi connectivity index (χ4v) is 14.0. The van der Waals surface area contributed by atoms with Crippen molar-refractivity contribution in [3.05, 3.63) is 169 Å². The number of aryl methyl sites for hydroxylation is 1. The molecular formula is C89H112ClFN32O4. The summed E-state index contributed by atoms with van der Waals surface area (Å²) in [7, 11) is 0. The van der Waals surface area contributed by atoms with E-state index in [0.29, 0.717) is 68.6 Å². The predicted molar refractivity (Wildman–Crippen MR) is 506 cm³/mol. The number of carbonyl (C=O) groups excluding carboxylic acids is 4. The normalized spacial score (nSPS) is 14.3. The number of urea groups is 4. The van der Waals surface area contributed by atoms with Gasteiger partial charge in [0.15, 0.2) is 34.2 Å². The first-order valence-corrected chi connectivity index (χ1v) is 42.7. The summed E-state index contributed by atoms with van der Waals surface area (Å²) in [5.74, 6) is 2.07. The number of piperazine rings is 4. The van der Waals surface area contributed by atoms with Gasteiger partial charge in [-0.2, -0.15) is 19.9 Å².